The van der Waals surface area contributed by atoms with Crippen LogP contribution in [0.25, 0.3) is 0 Å². The monoisotopic (exact) mass is 475 g/mol. The topological polar surface area (TPSA) is 79.4 Å². The van der Waals surface area contributed by atoms with E-state index in [-0.39, 0.29) is 30.6 Å². The van der Waals surface area contributed by atoms with Crippen molar-refractivity contribution in [2.24, 2.45) is 5.41 Å². The molecule has 1 atom stereocenters. The zero-order valence-corrected chi connectivity index (χ0v) is 18.4. The van der Waals surface area contributed by atoms with E-state index in [2.05, 4.69) is 4.98 Å². The number of pyridine rings is 1. The molecule has 1 aliphatic heterocycles. The first-order chi connectivity index (χ1) is 15.9. The Bertz CT molecular complexity index is 1190. The first kappa shape index (κ1) is 23.6. The zero-order valence-electron chi connectivity index (χ0n) is 18.4. The average Bonchev–Trinajstić information content (AvgIpc) is 2.98. The van der Waals surface area contributed by atoms with Crippen molar-refractivity contribution in [3.8, 4) is 0 Å². The van der Waals surface area contributed by atoms with Crippen molar-refractivity contribution in [2.45, 2.75) is 44.9 Å². The fourth-order valence-electron chi connectivity index (χ4n) is 4.51. The minimum atomic E-state index is -5.31. The van der Waals surface area contributed by atoms with Crippen LogP contribution in [0.15, 0.2) is 60.1 Å². The number of ketones is 1. The number of benzene rings is 1. The Kier molecular flexibility index (Phi) is 5.58. The number of alkyl halides is 3. The smallest absolute Gasteiger partial charge is 0.326 e. The van der Waals surface area contributed by atoms with Gasteiger partial charge in [0, 0.05) is 24.5 Å². The first-order valence-corrected chi connectivity index (χ1v) is 10.5. The largest absolute Gasteiger partial charge is 0.425 e. The molecular formula is C24H21F4N3O3. The predicted molar refractivity (Wildman–Crippen MR) is 112 cm³/mol. The van der Waals surface area contributed by atoms with Crippen LogP contribution in [0.2, 0.25) is 0 Å². The quantitative estimate of drug-likeness (QED) is 0.680. The van der Waals surface area contributed by atoms with Gasteiger partial charge in [0.2, 0.25) is 5.54 Å². The van der Waals surface area contributed by atoms with E-state index in [1.54, 1.807) is 13.8 Å². The number of Topliss-reactive ketones (excluding diaryl/α,β-unsaturated/α-hetero) is 1. The lowest BCUT2D eigenvalue weighted by atomic mass is 9.72. The van der Waals surface area contributed by atoms with Gasteiger partial charge in [-0.3, -0.25) is 19.4 Å². The number of rotatable bonds is 4. The van der Waals surface area contributed by atoms with Gasteiger partial charge in [0.15, 0.2) is 5.78 Å². The molecule has 6 nitrogen and oxygen atoms in total. The lowest BCUT2D eigenvalue weighted by Crippen LogP contribution is -2.66. The number of hydrogen-bond donors (Lipinski definition) is 1. The molecule has 0 saturated heterocycles. The van der Waals surface area contributed by atoms with Gasteiger partial charge in [-0.25, -0.2) is 4.39 Å². The highest BCUT2D eigenvalue weighted by molar-refractivity contribution is 6.14. The number of nitrogens with one attached hydrogen (secondary N) is 1. The maximum atomic E-state index is 14.7. The molecule has 1 aromatic heterocycles. The minimum absolute atomic E-state index is 0.0155. The molecule has 0 bridgehead atoms. The molecule has 1 N–H and O–H groups in total. The van der Waals surface area contributed by atoms with Gasteiger partial charge in [-0.05, 0) is 41.7 Å². The van der Waals surface area contributed by atoms with Crippen molar-refractivity contribution in [3.63, 3.8) is 0 Å². The summed E-state index contributed by atoms with van der Waals surface area (Å²) in [4.78, 5) is 44.1. The second-order valence-electron chi connectivity index (χ2n) is 9.22. The van der Waals surface area contributed by atoms with E-state index < -0.39 is 46.1 Å². The Morgan fingerprint density at radius 3 is 2.38 bits per heavy atom. The van der Waals surface area contributed by atoms with E-state index in [4.69, 9.17) is 0 Å². The van der Waals surface area contributed by atoms with Crippen molar-refractivity contribution >= 4 is 17.6 Å². The average molecular weight is 475 g/mol. The summed E-state index contributed by atoms with van der Waals surface area (Å²) in [5.74, 6) is -4.06. The number of carbonyl (C=O) groups is 3. The van der Waals surface area contributed by atoms with Crippen molar-refractivity contribution < 1.29 is 31.9 Å². The molecule has 0 spiro atoms. The van der Waals surface area contributed by atoms with Gasteiger partial charge < -0.3 is 10.2 Å². The molecule has 2 aromatic rings. The van der Waals surface area contributed by atoms with Gasteiger partial charge >= 0.3 is 6.18 Å². The molecule has 2 heterocycles. The van der Waals surface area contributed by atoms with Crippen molar-refractivity contribution in [1.82, 2.24) is 15.2 Å². The van der Waals surface area contributed by atoms with Crippen molar-refractivity contribution in [1.29, 1.82) is 0 Å². The summed E-state index contributed by atoms with van der Waals surface area (Å²) < 4.78 is 57.5. The number of carbonyl (C=O) groups excluding carboxylic acids is 3. The summed E-state index contributed by atoms with van der Waals surface area (Å²) in [6.45, 7) is 3.12. The summed E-state index contributed by atoms with van der Waals surface area (Å²) in [6, 6.07) is 7.57. The van der Waals surface area contributed by atoms with Crippen LogP contribution in [0.1, 0.15) is 42.6 Å². The fourth-order valence-corrected chi connectivity index (χ4v) is 4.51. The third-order valence-corrected chi connectivity index (χ3v) is 6.02. The molecule has 10 heteroatoms. The van der Waals surface area contributed by atoms with Gasteiger partial charge in [-0.2, -0.15) is 13.2 Å². The third kappa shape index (κ3) is 3.86. The van der Waals surface area contributed by atoms with E-state index >= 15 is 0 Å². The van der Waals surface area contributed by atoms with Crippen LogP contribution in [0.3, 0.4) is 0 Å². The number of hydrogen-bond acceptors (Lipinski definition) is 4. The maximum Gasteiger partial charge on any atom is 0.425 e. The molecule has 2 aliphatic rings. The van der Waals surface area contributed by atoms with Gasteiger partial charge in [0.25, 0.3) is 11.8 Å². The first-order valence-electron chi connectivity index (χ1n) is 10.5. The highest BCUT2D eigenvalue weighted by Gasteiger charge is 2.71. The van der Waals surface area contributed by atoms with E-state index in [1.807, 2.05) is 5.32 Å². The molecular weight excluding hydrogens is 454 g/mol. The molecule has 0 unspecified atom stereocenters. The molecule has 0 saturated carbocycles. The van der Waals surface area contributed by atoms with Gasteiger partial charge in [0.05, 0.1) is 17.7 Å². The molecule has 2 amide bonds. The molecule has 0 radical (unpaired) electrons. The number of allylic oxidation sites excluding steroid dienone is 1. The summed E-state index contributed by atoms with van der Waals surface area (Å²) in [5, 5.41) is 1.85. The Labute approximate surface area is 192 Å². The molecule has 178 valence electrons. The number of halogens is 4. The van der Waals surface area contributed by atoms with Crippen LogP contribution in [0.5, 0.6) is 0 Å². The summed E-state index contributed by atoms with van der Waals surface area (Å²) in [5.41, 5.74) is -4.91. The van der Waals surface area contributed by atoms with Crippen LogP contribution in [0.4, 0.5) is 17.6 Å². The Morgan fingerprint density at radius 2 is 1.79 bits per heavy atom. The van der Waals surface area contributed by atoms with E-state index in [1.165, 1.54) is 30.5 Å². The van der Waals surface area contributed by atoms with Gasteiger partial charge in [-0.1, -0.05) is 26.0 Å². The standard InChI is InChI=1S/C24H21F4N3O3/c1-22(2)10-17-19(18(32)11-22)23(24(26,27)28,30-20(33)15-4-3-9-29-12-15)21(34)31(17)13-14-5-7-16(25)8-6-14/h3-9,12H,10-11,13H2,1-2H3,(H,30,33)/t23-/m1/s1. The Hall–Kier alpha value is -3.56. The van der Waals surface area contributed by atoms with E-state index in [0.717, 1.165) is 23.2 Å². The maximum absolute atomic E-state index is 14.7. The van der Waals surface area contributed by atoms with Crippen LogP contribution in [-0.2, 0) is 16.1 Å². The molecule has 4 rings (SSSR count). The molecule has 1 aliphatic carbocycles. The zero-order chi connectivity index (χ0) is 24.9. The van der Waals surface area contributed by atoms with Crippen molar-refractivity contribution in [3.05, 3.63) is 77.0 Å². The van der Waals surface area contributed by atoms with Crippen LogP contribution >= 0.6 is 0 Å². The Balaban J connectivity index is 1.87. The van der Waals surface area contributed by atoms with E-state index in [0.29, 0.717) is 5.56 Å². The summed E-state index contributed by atoms with van der Waals surface area (Å²) in [7, 11) is 0. The highest BCUT2D eigenvalue weighted by Crippen LogP contribution is 2.52. The SMILES string of the molecule is CC1(C)CC(=O)C2=C(C1)N(Cc1ccc(F)cc1)C(=O)[C@@]2(NC(=O)c1cccnc1)C(F)(F)F. The number of aromatic nitrogens is 1. The normalized spacial score (nSPS) is 22.1. The van der Waals surface area contributed by atoms with Crippen LogP contribution in [-0.4, -0.2) is 39.2 Å². The van der Waals surface area contributed by atoms with Crippen molar-refractivity contribution in [2.75, 3.05) is 0 Å². The number of amides is 2. The molecule has 1 aromatic carbocycles. The minimum Gasteiger partial charge on any atom is -0.326 e. The van der Waals surface area contributed by atoms with Gasteiger partial charge in [0.1, 0.15) is 5.82 Å². The Morgan fingerprint density at radius 1 is 1.12 bits per heavy atom. The molecule has 0 fully saturated rings. The fraction of sp³-hybridized carbons (Fsp3) is 0.333. The lowest BCUT2D eigenvalue weighted by molar-refractivity contribution is -0.190. The van der Waals surface area contributed by atoms with Gasteiger partial charge in [-0.15, -0.1) is 0 Å². The highest BCUT2D eigenvalue weighted by atomic mass is 19.4. The second-order valence-corrected chi connectivity index (χ2v) is 9.22. The summed E-state index contributed by atoms with van der Waals surface area (Å²) in [6.07, 6.45) is -3.10. The number of nitrogens with zero attached hydrogens (tertiary/aromatic N) is 2. The summed E-state index contributed by atoms with van der Waals surface area (Å²) >= 11 is 0. The second kappa shape index (κ2) is 8.03. The predicted octanol–water partition coefficient (Wildman–Crippen LogP) is 3.94. The molecule has 34 heavy (non-hydrogen) atoms. The lowest BCUT2D eigenvalue weighted by Gasteiger charge is -2.35. The van der Waals surface area contributed by atoms with Crippen LogP contribution in [0, 0.1) is 11.2 Å². The van der Waals surface area contributed by atoms with Crippen LogP contribution < -0.4 is 5.32 Å². The van der Waals surface area contributed by atoms with E-state index in [9.17, 15) is 31.9 Å². The third-order valence-electron chi connectivity index (χ3n) is 6.02.